The van der Waals surface area contributed by atoms with Gasteiger partial charge in [-0.1, -0.05) is 51.9 Å². The SMILES string of the molecule is CCCCCCCCCC(O)c1ccoc1C. The second kappa shape index (κ2) is 8.35. The highest BCUT2D eigenvalue weighted by Crippen LogP contribution is 2.23. The van der Waals surface area contributed by atoms with Crippen molar-refractivity contribution in [2.45, 2.75) is 71.3 Å². The molecule has 0 aliphatic rings. The van der Waals surface area contributed by atoms with Crippen LogP contribution < -0.4 is 0 Å². The fourth-order valence-electron chi connectivity index (χ4n) is 2.19. The molecule has 0 aromatic carbocycles. The van der Waals surface area contributed by atoms with Crippen molar-refractivity contribution in [1.82, 2.24) is 0 Å². The van der Waals surface area contributed by atoms with E-state index < -0.39 is 0 Å². The summed E-state index contributed by atoms with van der Waals surface area (Å²) in [6.07, 6.45) is 11.2. The van der Waals surface area contributed by atoms with Crippen LogP contribution in [0, 0.1) is 6.92 Å². The number of hydrogen-bond donors (Lipinski definition) is 1. The monoisotopic (exact) mass is 238 g/mol. The van der Waals surface area contributed by atoms with Crippen LogP contribution in [0.5, 0.6) is 0 Å². The Bertz CT molecular complexity index is 291. The van der Waals surface area contributed by atoms with E-state index in [9.17, 15) is 5.11 Å². The maximum atomic E-state index is 9.97. The molecule has 0 bridgehead atoms. The first-order chi connectivity index (χ1) is 8.25. The fraction of sp³-hybridized carbons (Fsp3) is 0.733. The van der Waals surface area contributed by atoms with E-state index >= 15 is 0 Å². The first-order valence-corrected chi connectivity index (χ1v) is 6.97. The lowest BCUT2D eigenvalue weighted by atomic mass is 10.0. The Morgan fingerprint density at radius 1 is 1.12 bits per heavy atom. The molecule has 1 aromatic rings. The minimum absolute atomic E-state index is 0.343. The molecular formula is C15H26O2. The van der Waals surface area contributed by atoms with E-state index in [0.717, 1.165) is 24.2 Å². The minimum Gasteiger partial charge on any atom is -0.469 e. The van der Waals surface area contributed by atoms with E-state index in [-0.39, 0.29) is 6.10 Å². The molecule has 1 heterocycles. The molecule has 0 fully saturated rings. The second-order valence-corrected chi connectivity index (χ2v) is 4.86. The molecule has 1 atom stereocenters. The van der Waals surface area contributed by atoms with Gasteiger partial charge in [-0.05, 0) is 19.4 Å². The van der Waals surface area contributed by atoms with Gasteiger partial charge in [-0.15, -0.1) is 0 Å². The minimum atomic E-state index is -0.343. The lowest BCUT2D eigenvalue weighted by Gasteiger charge is -2.09. The largest absolute Gasteiger partial charge is 0.469 e. The molecule has 98 valence electrons. The van der Waals surface area contributed by atoms with Crippen molar-refractivity contribution in [1.29, 1.82) is 0 Å². The fourth-order valence-corrected chi connectivity index (χ4v) is 2.19. The third-order valence-electron chi connectivity index (χ3n) is 3.34. The summed E-state index contributed by atoms with van der Waals surface area (Å²) in [5.41, 5.74) is 0.955. The molecule has 0 saturated heterocycles. The van der Waals surface area contributed by atoms with Crippen LogP contribution in [0.1, 0.15) is 75.7 Å². The second-order valence-electron chi connectivity index (χ2n) is 4.86. The van der Waals surface area contributed by atoms with Gasteiger partial charge in [0.25, 0.3) is 0 Å². The van der Waals surface area contributed by atoms with E-state index in [1.54, 1.807) is 6.26 Å². The van der Waals surface area contributed by atoms with Crippen molar-refractivity contribution in [3.63, 3.8) is 0 Å². The normalized spacial score (nSPS) is 12.9. The summed E-state index contributed by atoms with van der Waals surface area (Å²) in [4.78, 5) is 0. The van der Waals surface area contributed by atoms with E-state index in [1.165, 1.54) is 38.5 Å². The van der Waals surface area contributed by atoms with Gasteiger partial charge in [0.2, 0.25) is 0 Å². The van der Waals surface area contributed by atoms with Crippen molar-refractivity contribution < 1.29 is 9.52 Å². The van der Waals surface area contributed by atoms with E-state index in [4.69, 9.17) is 4.42 Å². The van der Waals surface area contributed by atoms with Gasteiger partial charge in [0.15, 0.2) is 0 Å². The summed E-state index contributed by atoms with van der Waals surface area (Å²) >= 11 is 0. The van der Waals surface area contributed by atoms with Crippen LogP contribution in [-0.2, 0) is 0 Å². The molecule has 0 aliphatic carbocycles. The zero-order valence-electron chi connectivity index (χ0n) is 11.2. The van der Waals surface area contributed by atoms with Gasteiger partial charge in [-0.2, -0.15) is 0 Å². The zero-order chi connectivity index (χ0) is 12.5. The number of aliphatic hydroxyl groups is 1. The topological polar surface area (TPSA) is 33.4 Å². The molecule has 0 radical (unpaired) electrons. The van der Waals surface area contributed by atoms with Crippen molar-refractivity contribution in [2.24, 2.45) is 0 Å². The Morgan fingerprint density at radius 2 is 1.76 bits per heavy atom. The standard InChI is InChI=1S/C15H26O2/c1-3-4-5-6-7-8-9-10-15(16)14-11-12-17-13(14)2/h11-12,15-16H,3-10H2,1-2H3. The van der Waals surface area contributed by atoms with Gasteiger partial charge >= 0.3 is 0 Å². The summed E-state index contributed by atoms with van der Waals surface area (Å²) in [6, 6.07) is 1.88. The predicted octanol–water partition coefficient (Wildman–Crippen LogP) is 4.76. The lowest BCUT2D eigenvalue weighted by Crippen LogP contribution is -1.97. The number of unbranched alkanes of at least 4 members (excludes halogenated alkanes) is 6. The quantitative estimate of drug-likeness (QED) is 0.629. The van der Waals surface area contributed by atoms with Gasteiger partial charge in [-0.25, -0.2) is 0 Å². The van der Waals surface area contributed by atoms with Crippen LogP contribution in [0.4, 0.5) is 0 Å². The highest BCUT2D eigenvalue weighted by atomic mass is 16.3. The van der Waals surface area contributed by atoms with E-state index in [0.29, 0.717) is 0 Å². The van der Waals surface area contributed by atoms with Gasteiger partial charge in [0.1, 0.15) is 5.76 Å². The molecule has 0 amide bonds. The van der Waals surface area contributed by atoms with Crippen molar-refractivity contribution in [2.75, 3.05) is 0 Å². The number of hydrogen-bond acceptors (Lipinski definition) is 2. The molecule has 2 nitrogen and oxygen atoms in total. The molecule has 1 rings (SSSR count). The van der Waals surface area contributed by atoms with Crippen molar-refractivity contribution in [3.05, 3.63) is 23.7 Å². The zero-order valence-corrected chi connectivity index (χ0v) is 11.2. The summed E-state index contributed by atoms with van der Waals surface area (Å²) in [5.74, 6) is 0.848. The average molecular weight is 238 g/mol. The highest BCUT2D eigenvalue weighted by Gasteiger charge is 2.11. The van der Waals surface area contributed by atoms with Crippen LogP contribution in [-0.4, -0.2) is 5.11 Å². The first kappa shape index (κ1) is 14.3. The lowest BCUT2D eigenvalue weighted by molar-refractivity contribution is 0.161. The molecule has 0 saturated carbocycles. The number of furan rings is 1. The Balaban J connectivity index is 2.05. The Labute approximate surface area is 105 Å². The molecule has 1 aromatic heterocycles. The number of aliphatic hydroxyl groups excluding tert-OH is 1. The van der Waals surface area contributed by atoms with Crippen LogP contribution in [0.2, 0.25) is 0 Å². The molecular weight excluding hydrogens is 212 g/mol. The first-order valence-electron chi connectivity index (χ1n) is 6.97. The summed E-state index contributed by atoms with van der Waals surface area (Å²) in [7, 11) is 0. The van der Waals surface area contributed by atoms with Crippen LogP contribution in [0.3, 0.4) is 0 Å². The predicted molar refractivity (Wildman–Crippen MR) is 71.0 cm³/mol. The molecule has 17 heavy (non-hydrogen) atoms. The molecule has 1 unspecified atom stereocenters. The maximum absolute atomic E-state index is 9.97. The van der Waals surface area contributed by atoms with Crippen molar-refractivity contribution in [3.8, 4) is 0 Å². The number of aryl methyl sites for hydroxylation is 1. The maximum Gasteiger partial charge on any atom is 0.106 e. The van der Waals surface area contributed by atoms with Crippen molar-refractivity contribution >= 4 is 0 Å². The molecule has 1 N–H and O–H groups in total. The Kier molecular flexibility index (Phi) is 7.02. The van der Waals surface area contributed by atoms with Crippen LogP contribution >= 0.6 is 0 Å². The third kappa shape index (κ3) is 5.40. The summed E-state index contributed by atoms with van der Waals surface area (Å²) < 4.78 is 5.20. The van der Waals surface area contributed by atoms with Gasteiger partial charge in [-0.3, -0.25) is 0 Å². The van der Waals surface area contributed by atoms with Crippen LogP contribution in [0.15, 0.2) is 16.7 Å². The molecule has 0 spiro atoms. The Morgan fingerprint density at radius 3 is 2.35 bits per heavy atom. The average Bonchev–Trinajstić information content (AvgIpc) is 2.74. The molecule has 2 heteroatoms. The summed E-state index contributed by atoms with van der Waals surface area (Å²) in [6.45, 7) is 4.15. The summed E-state index contributed by atoms with van der Waals surface area (Å²) in [5, 5.41) is 9.97. The highest BCUT2D eigenvalue weighted by molar-refractivity contribution is 5.18. The number of rotatable bonds is 9. The third-order valence-corrected chi connectivity index (χ3v) is 3.34. The van der Waals surface area contributed by atoms with Gasteiger partial charge in [0.05, 0.1) is 12.4 Å². The van der Waals surface area contributed by atoms with Gasteiger partial charge in [0, 0.05) is 5.56 Å². The Hall–Kier alpha value is -0.760. The van der Waals surface area contributed by atoms with E-state index in [1.807, 2.05) is 13.0 Å². The smallest absolute Gasteiger partial charge is 0.106 e. The van der Waals surface area contributed by atoms with Crippen LogP contribution in [0.25, 0.3) is 0 Å². The molecule has 0 aliphatic heterocycles. The van der Waals surface area contributed by atoms with Gasteiger partial charge < -0.3 is 9.52 Å². The van der Waals surface area contributed by atoms with E-state index in [2.05, 4.69) is 6.92 Å².